The molecule has 0 fully saturated rings. The van der Waals surface area contributed by atoms with Crippen LogP contribution in [0.5, 0.6) is 0 Å². The van der Waals surface area contributed by atoms with Crippen molar-refractivity contribution in [3.8, 4) is 0 Å². The summed E-state index contributed by atoms with van der Waals surface area (Å²) in [5, 5.41) is 0. The highest BCUT2D eigenvalue weighted by Gasteiger charge is 2.25. The Bertz CT molecular complexity index is 1080. The lowest BCUT2D eigenvalue weighted by atomic mass is 10.2. The van der Waals surface area contributed by atoms with Crippen molar-refractivity contribution in [1.29, 1.82) is 0 Å². The second-order valence-electron chi connectivity index (χ2n) is 7.62. The molecule has 4 aromatic carbocycles. The fraction of sp³-hybridized carbons (Fsp3) is 0.143. The highest BCUT2D eigenvalue weighted by molar-refractivity contribution is 8.33. The van der Waals surface area contributed by atoms with E-state index in [0.717, 1.165) is 6.42 Å². The van der Waals surface area contributed by atoms with Crippen LogP contribution in [-0.4, -0.2) is 6.26 Å². The first-order valence-electron chi connectivity index (χ1n) is 10.4. The van der Waals surface area contributed by atoms with Gasteiger partial charge in [0, 0.05) is 9.79 Å². The second kappa shape index (κ2) is 9.16. The van der Waals surface area contributed by atoms with E-state index in [2.05, 4.69) is 123 Å². The maximum atomic E-state index is 2.43. The van der Waals surface area contributed by atoms with Crippen molar-refractivity contribution < 1.29 is 0 Å². The third-order valence-corrected chi connectivity index (χ3v) is 10.2. The molecule has 0 bridgehead atoms. The van der Waals surface area contributed by atoms with Crippen molar-refractivity contribution in [3.63, 3.8) is 0 Å². The molecule has 0 amide bonds. The van der Waals surface area contributed by atoms with Crippen LogP contribution in [0.15, 0.2) is 128 Å². The van der Waals surface area contributed by atoms with E-state index in [9.17, 15) is 0 Å². The molecule has 1 atom stereocenters. The Labute approximate surface area is 186 Å². The molecule has 0 aliphatic rings. The summed E-state index contributed by atoms with van der Waals surface area (Å²) in [5.41, 5.74) is 2.69. The topological polar surface area (TPSA) is 0 Å². The zero-order valence-electron chi connectivity index (χ0n) is 17.8. The number of benzene rings is 4. The quantitative estimate of drug-likeness (QED) is 0.296. The summed E-state index contributed by atoms with van der Waals surface area (Å²) in [4.78, 5) is 6.76. The Morgan fingerprint density at radius 1 is 0.600 bits per heavy atom. The van der Waals surface area contributed by atoms with E-state index in [-0.39, 0.29) is 0 Å². The summed E-state index contributed by atoms with van der Waals surface area (Å²) in [5.74, 6) is 0. The number of rotatable bonds is 6. The molecule has 0 saturated heterocycles. The summed E-state index contributed by atoms with van der Waals surface area (Å²) in [6.07, 6.45) is 3.50. The fourth-order valence-corrected chi connectivity index (χ4v) is 7.32. The first kappa shape index (κ1) is 20.8. The van der Waals surface area contributed by atoms with Gasteiger partial charge in [-0.1, -0.05) is 66.7 Å². The minimum atomic E-state index is -1.32. The van der Waals surface area contributed by atoms with Gasteiger partial charge in [-0.05, 0) is 101 Å². The van der Waals surface area contributed by atoms with Gasteiger partial charge < -0.3 is 0 Å². The molecule has 0 radical (unpaired) electrons. The molecule has 0 nitrogen and oxygen atoms in total. The van der Waals surface area contributed by atoms with Crippen LogP contribution in [0.3, 0.4) is 0 Å². The van der Waals surface area contributed by atoms with Crippen molar-refractivity contribution in [2.24, 2.45) is 0 Å². The molecule has 0 aliphatic carbocycles. The Kier molecular flexibility index (Phi) is 6.36. The van der Waals surface area contributed by atoms with Gasteiger partial charge >= 0.3 is 0 Å². The lowest BCUT2D eigenvalue weighted by Gasteiger charge is -2.38. The van der Waals surface area contributed by atoms with Crippen molar-refractivity contribution >= 4 is 21.8 Å². The van der Waals surface area contributed by atoms with Gasteiger partial charge in [-0.25, -0.2) is 0 Å². The molecule has 0 N–H and O–H groups in total. The average molecular weight is 429 g/mol. The minimum Gasteiger partial charge on any atom is -0.163 e. The lowest BCUT2D eigenvalue weighted by molar-refractivity contribution is 1.13. The van der Waals surface area contributed by atoms with Crippen LogP contribution in [0.25, 0.3) is 0 Å². The maximum absolute atomic E-state index is 2.43. The molecular formula is C28H28S2. The molecule has 30 heavy (non-hydrogen) atoms. The van der Waals surface area contributed by atoms with Crippen molar-refractivity contribution in [2.75, 3.05) is 6.26 Å². The van der Waals surface area contributed by atoms with Crippen LogP contribution < -0.4 is 0 Å². The van der Waals surface area contributed by atoms with E-state index in [4.69, 9.17) is 0 Å². The third-order valence-electron chi connectivity index (χ3n) is 5.57. The summed E-state index contributed by atoms with van der Waals surface area (Å²) in [7, 11) is -1.32. The smallest absolute Gasteiger partial charge is 0.0123 e. The monoisotopic (exact) mass is 428 g/mol. The molecule has 0 saturated carbocycles. The lowest BCUT2D eigenvalue weighted by Crippen LogP contribution is -2.02. The average Bonchev–Trinajstić information content (AvgIpc) is 2.80. The maximum Gasteiger partial charge on any atom is 0.0123 e. The highest BCUT2D eigenvalue weighted by Crippen LogP contribution is 2.65. The van der Waals surface area contributed by atoms with E-state index in [1.165, 1.54) is 35.6 Å². The van der Waals surface area contributed by atoms with Gasteiger partial charge in [0.1, 0.15) is 0 Å². The van der Waals surface area contributed by atoms with Gasteiger partial charge in [-0.15, -0.1) is 0 Å². The van der Waals surface area contributed by atoms with Crippen LogP contribution >= 0.6 is 21.8 Å². The molecule has 4 aromatic rings. The first-order chi connectivity index (χ1) is 14.6. The molecule has 1 unspecified atom stereocenters. The van der Waals surface area contributed by atoms with Crippen LogP contribution in [-0.2, 0) is 6.42 Å². The Morgan fingerprint density at radius 3 is 1.60 bits per heavy atom. The molecule has 0 heterocycles. The van der Waals surface area contributed by atoms with Gasteiger partial charge in [-0.2, -0.15) is 10.0 Å². The van der Waals surface area contributed by atoms with E-state index >= 15 is 0 Å². The van der Waals surface area contributed by atoms with Crippen molar-refractivity contribution in [3.05, 3.63) is 114 Å². The highest BCUT2D eigenvalue weighted by atomic mass is 32.3. The molecule has 0 aromatic heterocycles. The Morgan fingerprint density at radius 2 is 1.07 bits per heavy atom. The predicted octanol–water partition coefficient (Wildman–Crippen LogP) is 8.62. The van der Waals surface area contributed by atoms with Gasteiger partial charge in [0.2, 0.25) is 0 Å². The number of hydrogen-bond donors (Lipinski definition) is 0. The standard InChI is InChI=1S/C28H28S2/c1-4-23-12-18-27(19-13-23)30(3,26-16-10-22(2)11-17-26)28-20-14-25(15-21-28)29-24-8-6-5-7-9-24/h5-21H,4H2,1-3H3. The largest absolute Gasteiger partial charge is 0.163 e. The SMILES string of the molecule is CCc1ccc(S(C)(c2ccc(C)cc2)c2ccc(Sc3ccccc3)cc2)cc1. The molecule has 0 spiro atoms. The second-order valence-corrected chi connectivity index (χ2v) is 12.0. The summed E-state index contributed by atoms with van der Waals surface area (Å²) in [6.45, 7) is 4.37. The van der Waals surface area contributed by atoms with Crippen molar-refractivity contribution in [1.82, 2.24) is 0 Å². The summed E-state index contributed by atoms with van der Waals surface area (Å²) in [6, 6.07) is 38.1. The normalized spacial score (nSPS) is 14.1. The number of hydrogen-bond acceptors (Lipinski definition) is 1. The van der Waals surface area contributed by atoms with E-state index in [1.807, 2.05) is 11.8 Å². The van der Waals surface area contributed by atoms with Crippen LogP contribution in [0.2, 0.25) is 0 Å². The van der Waals surface area contributed by atoms with Gasteiger partial charge in [0.15, 0.2) is 0 Å². The molecule has 2 heteroatoms. The number of aryl methyl sites for hydroxylation is 2. The predicted molar refractivity (Wildman–Crippen MR) is 132 cm³/mol. The molecule has 0 aliphatic heterocycles. The van der Waals surface area contributed by atoms with E-state index in [0.29, 0.717) is 0 Å². The van der Waals surface area contributed by atoms with Gasteiger partial charge in [0.25, 0.3) is 0 Å². The van der Waals surface area contributed by atoms with Gasteiger partial charge in [0.05, 0.1) is 0 Å². The van der Waals surface area contributed by atoms with Crippen LogP contribution in [0.1, 0.15) is 18.1 Å². The third kappa shape index (κ3) is 4.35. The van der Waals surface area contributed by atoms with E-state index < -0.39 is 10.0 Å². The van der Waals surface area contributed by atoms with E-state index in [1.54, 1.807) is 0 Å². The van der Waals surface area contributed by atoms with Gasteiger partial charge in [-0.3, -0.25) is 0 Å². The minimum absolute atomic E-state index is 1.07. The summed E-state index contributed by atoms with van der Waals surface area (Å²) < 4.78 is 0. The van der Waals surface area contributed by atoms with Crippen LogP contribution in [0.4, 0.5) is 0 Å². The van der Waals surface area contributed by atoms with Crippen LogP contribution in [0, 0.1) is 6.92 Å². The first-order valence-corrected chi connectivity index (χ1v) is 13.2. The van der Waals surface area contributed by atoms with Crippen molar-refractivity contribution in [2.45, 2.75) is 44.7 Å². The Balaban J connectivity index is 1.74. The molecule has 4 rings (SSSR count). The zero-order chi connectivity index (χ0) is 21.0. The molecule has 152 valence electrons. The Hall–Kier alpha value is -2.42. The molecular weight excluding hydrogens is 400 g/mol. The summed E-state index contributed by atoms with van der Waals surface area (Å²) >= 11 is 1.81. The zero-order valence-corrected chi connectivity index (χ0v) is 19.5. The fourth-order valence-electron chi connectivity index (χ4n) is 3.62.